The molecular formula is C8H3F2IS. The van der Waals surface area contributed by atoms with Gasteiger partial charge in [-0.25, -0.2) is 8.78 Å². The minimum Gasteiger partial charge on any atom is -0.204 e. The van der Waals surface area contributed by atoms with Gasteiger partial charge in [-0.15, -0.1) is 11.3 Å². The fraction of sp³-hybridized carbons (Fsp3) is 0. The molecule has 0 atom stereocenters. The third kappa shape index (κ3) is 1.33. The van der Waals surface area contributed by atoms with E-state index in [9.17, 15) is 8.78 Å². The van der Waals surface area contributed by atoms with E-state index in [2.05, 4.69) is 22.6 Å². The molecule has 0 bridgehead atoms. The Balaban J connectivity index is 2.83. The predicted octanol–water partition coefficient (Wildman–Crippen LogP) is 3.78. The maximum absolute atomic E-state index is 12.7. The molecule has 0 aliphatic carbocycles. The van der Waals surface area contributed by atoms with Crippen molar-refractivity contribution in [3.63, 3.8) is 0 Å². The van der Waals surface area contributed by atoms with Gasteiger partial charge >= 0.3 is 0 Å². The molecule has 0 fully saturated rings. The van der Waals surface area contributed by atoms with E-state index in [4.69, 9.17) is 0 Å². The summed E-state index contributed by atoms with van der Waals surface area (Å²) in [5, 5.41) is 0.767. The van der Waals surface area contributed by atoms with Crippen LogP contribution < -0.4 is 0 Å². The molecule has 0 aliphatic rings. The van der Waals surface area contributed by atoms with Crippen molar-refractivity contribution in [1.29, 1.82) is 0 Å². The zero-order valence-corrected chi connectivity index (χ0v) is 8.75. The maximum Gasteiger partial charge on any atom is 0.160 e. The average molecular weight is 296 g/mol. The Labute approximate surface area is 85.3 Å². The smallest absolute Gasteiger partial charge is 0.160 e. The van der Waals surface area contributed by atoms with Gasteiger partial charge in [-0.2, -0.15) is 0 Å². The molecule has 1 aromatic heterocycles. The molecule has 0 saturated carbocycles. The third-order valence-corrected chi connectivity index (χ3v) is 3.39. The van der Waals surface area contributed by atoms with Gasteiger partial charge in [0.25, 0.3) is 0 Å². The first-order valence-corrected chi connectivity index (χ1v) is 5.10. The van der Waals surface area contributed by atoms with Crippen LogP contribution in [-0.4, -0.2) is 0 Å². The van der Waals surface area contributed by atoms with E-state index < -0.39 is 11.6 Å². The lowest BCUT2D eigenvalue weighted by atomic mass is 10.2. The lowest BCUT2D eigenvalue weighted by Crippen LogP contribution is -1.79. The minimum atomic E-state index is -0.781. The number of fused-ring (bicyclic) bond motifs is 1. The SMILES string of the molecule is Fc1cc2cc(I)sc2cc1F. The van der Waals surface area contributed by atoms with E-state index >= 15 is 0 Å². The zero-order chi connectivity index (χ0) is 8.72. The Morgan fingerprint density at radius 3 is 2.50 bits per heavy atom. The number of thiophene rings is 1. The molecule has 4 heteroatoms. The van der Waals surface area contributed by atoms with Gasteiger partial charge in [0.2, 0.25) is 0 Å². The first-order chi connectivity index (χ1) is 5.66. The highest BCUT2D eigenvalue weighted by molar-refractivity contribution is 14.1. The number of hydrogen-bond donors (Lipinski definition) is 0. The third-order valence-electron chi connectivity index (χ3n) is 1.53. The minimum absolute atomic E-state index is 0.767. The normalized spacial score (nSPS) is 10.9. The van der Waals surface area contributed by atoms with E-state index in [1.54, 1.807) is 0 Å². The highest BCUT2D eigenvalue weighted by Crippen LogP contribution is 2.28. The van der Waals surface area contributed by atoms with Crippen LogP contribution >= 0.6 is 33.9 Å². The topological polar surface area (TPSA) is 0 Å². The van der Waals surface area contributed by atoms with Crippen molar-refractivity contribution in [3.8, 4) is 0 Å². The molecule has 0 N–H and O–H groups in total. The fourth-order valence-electron chi connectivity index (χ4n) is 1.00. The van der Waals surface area contributed by atoms with Crippen molar-refractivity contribution in [2.24, 2.45) is 0 Å². The van der Waals surface area contributed by atoms with Gasteiger partial charge in [-0.1, -0.05) is 0 Å². The molecule has 2 aromatic rings. The zero-order valence-electron chi connectivity index (χ0n) is 5.77. The van der Waals surface area contributed by atoms with Gasteiger partial charge in [-0.3, -0.25) is 0 Å². The lowest BCUT2D eigenvalue weighted by molar-refractivity contribution is 0.511. The Kier molecular flexibility index (Phi) is 2.04. The summed E-state index contributed by atoms with van der Waals surface area (Å²) in [5.74, 6) is -1.56. The van der Waals surface area contributed by atoms with Crippen LogP contribution in [0.3, 0.4) is 0 Å². The Morgan fingerprint density at radius 1 is 1.08 bits per heavy atom. The summed E-state index contributed by atoms with van der Waals surface area (Å²) in [6.07, 6.45) is 0. The van der Waals surface area contributed by atoms with E-state index in [1.165, 1.54) is 23.5 Å². The maximum atomic E-state index is 12.7. The first kappa shape index (κ1) is 8.37. The van der Waals surface area contributed by atoms with Crippen LogP contribution in [0.4, 0.5) is 8.78 Å². The molecule has 0 saturated heterocycles. The first-order valence-electron chi connectivity index (χ1n) is 3.21. The second-order valence-electron chi connectivity index (χ2n) is 2.35. The van der Waals surface area contributed by atoms with Crippen LogP contribution in [0.2, 0.25) is 0 Å². The van der Waals surface area contributed by atoms with Crippen molar-refractivity contribution in [3.05, 3.63) is 32.7 Å². The summed E-state index contributed by atoms with van der Waals surface area (Å²) in [6.45, 7) is 0. The van der Waals surface area contributed by atoms with Crippen LogP contribution in [-0.2, 0) is 0 Å². The Hall–Kier alpha value is -0.230. The molecule has 0 nitrogen and oxygen atoms in total. The summed E-state index contributed by atoms with van der Waals surface area (Å²) in [5.41, 5.74) is 0. The highest BCUT2D eigenvalue weighted by atomic mass is 127. The van der Waals surface area contributed by atoms with Gasteiger partial charge in [0, 0.05) is 4.70 Å². The number of halogens is 3. The van der Waals surface area contributed by atoms with Crippen LogP contribution in [0, 0.1) is 14.5 Å². The Bertz CT molecular complexity index is 397. The van der Waals surface area contributed by atoms with Crippen molar-refractivity contribution in [2.45, 2.75) is 0 Å². The molecule has 0 aliphatic heterocycles. The van der Waals surface area contributed by atoms with Crippen LogP contribution in [0.5, 0.6) is 0 Å². The molecule has 62 valence electrons. The molecule has 0 amide bonds. The van der Waals surface area contributed by atoms with E-state index in [0.29, 0.717) is 0 Å². The molecule has 1 heterocycles. The van der Waals surface area contributed by atoms with Crippen molar-refractivity contribution >= 4 is 44.0 Å². The average Bonchev–Trinajstić information content (AvgIpc) is 2.30. The number of benzene rings is 1. The van der Waals surface area contributed by atoms with Crippen LogP contribution in [0.1, 0.15) is 0 Å². The van der Waals surface area contributed by atoms with Crippen molar-refractivity contribution in [2.75, 3.05) is 0 Å². The van der Waals surface area contributed by atoms with Gasteiger partial charge in [0.1, 0.15) is 0 Å². The molecule has 1 aromatic carbocycles. The van der Waals surface area contributed by atoms with Gasteiger partial charge in [-0.05, 0) is 46.2 Å². The van der Waals surface area contributed by atoms with Gasteiger partial charge < -0.3 is 0 Å². The molecule has 0 radical (unpaired) electrons. The summed E-state index contributed by atoms with van der Waals surface area (Å²) >= 11 is 3.58. The van der Waals surface area contributed by atoms with Gasteiger partial charge in [0.15, 0.2) is 11.6 Å². The molecule has 0 unspecified atom stereocenters. The summed E-state index contributed by atoms with van der Waals surface area (Å²) in [7, 11) is 0. The summed E-state index contributed by atoms with van der Waals surface area (Å²) in [6, 6.07) is 4.30. The fourth-order valence-corrected chi connectivity index (χ4v) is 2.84. The molecule has 2 rings (SSSR count). The van der Waals surface area contributed by atoms with Gasteiger partial charge in [0.05, 0.1) is 2.88 Å². The second kappa shape index (κ2) is 2.92. The number of rotatable bonds is 0. The van der Waals surface area contributed by atoms with E-state index in [0.717, 1.165) is 13.0 Å². The highest BCUT2D eigenvalue weighted by Gasteiger charge is 2.05. The molecule has 0 spiro atoms. The lowest BCUT2D eigenvalue weighted by Gasteiger charge is -1.91. The molecular weight excluding hydrogens is 293 g/mol. The van der Waals surface area contributed by atoms with E-state index in [-0.39, 0.29) is 0 Å². The van der Waals surface area contributed by atoms with Crippen molar-refractivity contribution in [1.82, 2.24) is 0 Å². The standard InChI is InChI=1S/C8H3F2IS/c9-5-1-4-2-8(11)12-7(4)3-6(5)10/h1-3H. The summed E-state index contributed by atoms with van der Waals surface area (Å²) < 4.78 is 27.2. The van der Waals surface area contributed by atoms with Crippen LogP contribution in [0.25, 0.3) is 10.1 Å². The van der Waals surface area contributed by atoms with Crippen molar-refractivity contribution < 1.29 is 8.78 Å². The number of hydrogen-bond acceptors (Lipinski definition) is 1. The second-order valence-corrected chi connectivity index (χ2v) is 5.33. The van der Waals surface area contributed by atoms with E-state index in [1.807, 2.05) is 6.07 Å². The predicted molar refractivity (Wildman–Crippen MR) is 54.5 cm³/mol. The molecule has 12 heavy (non-hydrogen) atoms. The monoisotopic (exact) mass is 296 g/mol. The summed E-state index contributed by atoms with van der Waals surface area (Å²) in [4.78, 5) is 0. The van der Waals surface area contributed by atoms with Crippen LogP contribution in [0.15, 0.2) is 18.2 Å². The largest absolute Gasteiger partial charge is 0.204 e. The Morgan fingerprint density at radius 2 is 1.75 bits per heavy atom. The quantitative estimate of drug-likeness (QED) is 0.649.